The average Bonchev–Trinajstić information content (AvgIpc) is 2.63. The van der Waals surface area contributed by atoms with Crippen molar-refractivity contribution in [2.75, 3.05) is 5.32 Å². The Hall–Kier alpha value is -3.67. The molecule has 0 radical (unpaired) electrons. The largest absolute Gasteiger partial charge is 0.457 e. The van der Waals surface area contributed by atoms with Crippen LogP contribution in [0.25, 0.3) is 0 Å². The summed E-state index contributed by atoms with van der Waals surface area (Å²) in [7, 11) is 0. The van der Waals surface area contributed by atoms with E-state index < -0.39 is 5.91 Å². The first-order chi connectivity index (χ1) is 12.5. The van der Waals surface area contributed by atoms with Crippen molar-refractivity contribution in [2.45, 2.75) is 6.92 Å². The van der Waals surface area contributed by atoms with Crippen molar-refractivity contribution in [2.24, 2.45) is 5.73 Å². The summed E-state index contributed by atoms with van der Waals surface area (Å²) >= 11 is 0. The summed E-state index contributed by atoms with van der Waals surface area (Å²) in [5, 5.41) is 2.76. The molecule has 6 nitrogen and oxygen atoms in total. The summed E-state index contributed by atoms with van der Waals surface area (Å²) in [6, 6.07) is 17.7. The maximum Gasteiger partial charge on any atom is 0.267 e. The van der Waals surface area contributed by atoms with Crippen molar-refractivity contribution in [1.82, 2.24) is 4.98 Å². The van der Waals surface area contributed by atoms with Crippen LogP contribution in [0.4, 0.5) is 5.69 Å². The number of aromatic nitrogens is 1. The van der Waals surface area contributed by atoms with Gasteiger partial charge in [-0.3, -0.25) is 14.6 Å². The second-order valence-corrected chi connectivity index (χ2v) is 5.69. The van der Waals surface area contributed by atoms with Crippen LogP contribution >= 0.6 is 0 Å². The van der Waals surface area contributed by atoms with Crippen molar-refractivity contribution >= 4 is 17.5 Å². The molecule has 1 aromatic heterocycles. The lowest BCUT2D eigenvalue weighted by Gasteiger charge is -2.09. The van der Waals surface area contributed by atoms with Gasteiger partial charge in [0.2, 0.25) is 0 Å². The molecule has 2 amide bonds. The zero-order chi connectivity index (χ0) is 18.5. The highest BCUT2D eigenvalue weighted by Gasteiger charge is 2.09. The molecular formula is C20H17N3O3. The molecule has 0 aliphatic heterocycles. The zero-order valence-corrected chi connectivity index (χ0v) is 14.1. The van der Waals surface area contributed by atoms with Gasteiger partial charge >= 0.3 is 0 Å². The molecule has 3 rings (SSSR count). The van der Waals surface area contributed by atoms with E-state index in [2.05, 4.69) is 10.3 Å². The summed E-state index contributed by atoms with van der Waals surface area (Å²) in [5.41, 5.74) is 7.30. The number of nitrogens with one attached hydrogen (secondary N) is 1. The molecule has 6 heteroatoms. The highest BCUT2D eigenvalue weighted by atomic mass is 16.5. The van der Waals surface area contributed by atoms with Crippen LogP contribution in [0.5, 0.6) is 11.5 Å². The van der Waals surface area contributed by atoms with E-state index in [1.165, 1.54) is 18.3 Å². The van der Waals surface area contributed by atoms with Crippen LogP contribution in [-0.2, 0) is 0 Å². The van der Waals surface area contributed by atoms with E-state index in [0.29, 0.717) is 17.0 Å². The molecule has 0 unspecified atom stereocenters. The number of amides is 2. The quantitative estimate of drug-likeness (QED) is 0.738. The van der Waals surface area contributed by atoms with Crippen molar-refractivity contribution in [1.29, 1.82) is 0 Å². The molecule has 0 saturated carbocycles. The summed E-state index contributed by atoms with van der Waals surface area (Å²) in [4.78, 5) is 27.1. The second-order valence-electron chi connectivity index (χ2n) is 5.69. The van der Waals surface area contributed by atoms with Crippen molar-refractivity contribution in [3.8, 4) is 11.5 Å². The molecule has 0 aliphatic rings. The first-order valence-electron chi connectivity index (χ1n) is 7.93. The van der Waals surface area contributed by atoms with Crippen LogP contribution in [0.2, 0.25) is 0 Å². The number of primary amides is 1. The minimum Gasteiger partial charge on any atom is -0.457 e. The Kier molecular flexibility index (Phi) is 4.94. The molecule has 2 aromatic carbocycles. The predicted molar refractivity (Wildman–Crippen MR) is 98.4 cm³/mol. The number of carbonyl (C=O) groups is 2. The number of aryl methyl sites for hydroxylation is 1. The number of rotatable bonds is 5. The monoisotopic (exact) mass is 347 g/mol. The van der Waals surface area contributed by atoms with Crippen LogP contribution in [0.1, 0.15) is 26.4 Å². The predicted octanol–water partition coefficient (Wildman–Crippen LogP) is 3.53. The average molecular weight is 347 g/mol. The van der Waals surface area contributed by atoms with Crippen molar-refractivity contribution in [3.63, 3.8) is 0 Å². The second kappa shape index (κ2) is 7.48. The SMILES string of the molecule is Cc1cccc(Oc2ccc(NC(=O)c3ccc(C(N)=O)nc3)cc2)c1. The maximum atomic E-state index is 12.2. The van der Waals surface area contributed by atoms with E-state index in [0.717, 1.165) is 11.3 Å². The third kappa shape index (κ3) is 4.24. The van der Waals surface area contributed by atoms with Crippen LogP contribution in [0, 0.1) is 6.92 Å². The standard InChI is InChI=1S/C20H17N3O3/c1-13-3-2-4-17(11-13)26-16-8-6-15(7-9-16)23-20(25)14-5-10-18(19(21)24)22-12-14/h2-12H,1H3,(H2,21,24)(H,23,25). The van der Waals surface area contributed by atoms with Gasteiger partial charge in [-0.2, -0.15) is 0 Å². The first kappa shape index (κ1) is 17.2. The summed E-state index contributed by atoms with van der Waals surface area (Å²) in [5.74, 6) is 0.450. The van der Waals surface area contributed by atoms with Gasteiger partial charge in [-0.15, -0.1) is 0 Å². The zero-order valence-electron chi connectivity index (χ0n) is 14.1. The van der Waals surface area contributed by atoms with Gasteiger partial charge in [-0.25, -0.2) is 0 Å². The molecule has 0 spiro atoms. The van der Waals surface area contributed by atoms with Gasteiger partial charge in [0, 0.05) is 11.9 Å². The van der Waals surface area contributed by atoms with Gasteiger partial charge < -0.3 is 15.8 Å². The fourth-order valence-corrected chi connectivity index (χ4v) is 2.30. The van der Waals surface area contributed by atoms with Crippen LogP contribution in [0.15, 0.2) is 66.9 Å². The minimum absolute atomic E-state index is 0.110. The fraction of sp³-hybridized carbons (Fsp3) is 0.0500. The Balaban J connectivity index is 1.65. The molecule has 0 fully saturated rings. The Labute approximate surface area is 150 Å². The van der Waals surface area contributed by atoms with Gasteiger partial charge in [0.25, 0.3) is 11.8 Å². The number of nitrogens with two attached hydrogens (primary N) is 1. The first-order valence-corrected chi connectivity index (χ1v) is 7.93. The molecule has 3 aromatic rings. The lowest BCUT2D eigenvalue weighted by atomic mass is 10.2. The topological polar surface area (TPSA) is 94.3 Å². The van der Waals surface area contributed by atoms with Gasteiger partial charge in [0.15, 0.2) is 0 Å². The van der Waals surface area contributed by atoms with Crippen LogP contribution in [0.3, 0.4) is 0 Å². The number of hydrogen-bond acceptors (Lipinski definition) is 4. The van der Waals surface area contributed by atoms with E-state index in [-0.39, 0.29) is 11.6 Å². The van der Waals surface area contributed by atoms with Crippen molar-refractivity contribution in [3.05, 3.63) is 83.7 Å². The number of anilines is 1. The third-order valence-corrected chi connectivity index (χ3v) is 3.62. The van der Waals surface area contributed by atoms with Gasteiger partial charge in [0.1, 0.15) is 17.2 Å². The molecule has 0 bridgehead atoms. The smallest absolute Gasteiger partial charge is 0.267 e. The summed E-state index contributed by atoms with van der Waals surface area (Å²) < 4.78 is 5.77. The number of hydrogen-bond donors (Lipinski definition) is 2. The van der Waals surface area contributed by atoms with Gasteiger partial charge in [-0.1, -0.05) is 12.1 Å². The highest BCUT2D eigenvalue weighted by molar-refractivity contribution is 6.04. The number of nitrogens with zero attached hydrogens (tertiary/aromatic N) is 1. The highest BCUT2D eigenvalue weighted by Crippen LogP contribution is 2.23. The Morgan fingerprint density at radius 1 is 1.00 bits per heavy atom. The Bertz CT molecular complexity index is 935. The van der Waals surface area contributed by atoms with Crippen molar-refractivity contribution < 1.29 is 14.3 Å². The van der Waals surface area contributed by atoms with E-state index in [4.69, 9.17) is 10.5 Å². The molecule has 0 atom stereocenters. The van der Waals surface area contributed by atoms with E-state index in [9.17, 15) is 9.59 Å². The lowest BCUT2D eigenvalue weighted by Crippen LogP contribution is -2.15. The number of benzene rings is 2. The molecule has 0 aliphatic carbocycles. The number of carbonyl (C=O) groups excluding carboxylic acids is 2. The van der Waals surface area contributed by atoms with Crippen LogP contribution in [-0.4, -0.2) is 16.8 Å². The molecule has 26 heavy (non-hydrogen) atoms. The Morgan fingerprint density at radius 3 is 2.38 bits per heavy atom. The van der Waals surface area contributed by atoms with E-state index in [1.54, 1.807) is 24.3 Å². The Morgan fingerprint density at radius 2 is 1.77 bits per heavy atom. The number of ether oxygens (including phenoxy) is 1. The maximum absolute atomic E-state index is 12.2. The van der Waals surface area contributed by atoms with Gasteiger partial charge in [0.05, 0.1) is 5.56 Å². The molecule has 0 saturated heterocycles. The minimum atomic E-state index is -0.638. The molecule has 130 valence electrons. The third-order valence-electron chi connectivity index (χ3n) is 3.62. The normalized spacial score (nSPS) is 10.2. The number of pyridine rings is 1. The van der Waals surface area contributed by atoms with E-state index in [1.807, 2.05) is 31.2 Å². The summed E-state index contributed by atoms with van der Waals surface area (Å²) in [6.07, 6.45) is 1.31. The van der Waals surface area contributed by atoms with Crippen LogP contribution < -0.4 is 15.8 Å². The lowest BCUT2D eigenvalue weighted by molar-refractivity contribution is 0.0990. The molecule has 1 heterocycles. The summed E-state index contributed by atoms with van der Waals surface area (Å²) in [6.45, 7) is 2.00. The van der Waals surface area contributed by atoms with Gasteiger partial charge in [-0.05, 0) is 61.0 Å². The molecule has 3 N–H and O–H groups in total. The fourth-order valence-electron chi connectivity index (χ4n) is 2.30. The van der Waals surface area contributed by atoms with E-state index >= 15 is 0 Å². The molecular weight excluding hydrogens is 330 g/mol.